The quantitative estimate of drug-likeness (QED) is 0.584. The maximum Gasteiger partial charge on any atom is 0.421 e. The minimum Gasteiger partial charge on any atom is -0.369 e. The van der Waals surface area contributed by atoms with Crippen LogP contribution in [0.5, 0.6) is 0 Å². The number of halogens is 3. The van der Waals surface area contributed by atoms with Gasteiger partial charge >= 0.3 is 6.18 Å². The first kappa shape index (κ1) is 22.8. The number of amides is 1. The van der Waals surface area contributed by atoms with Crippen molar-refractivity contribution in [3.63, 3.8) is 0 Å². The highest BCUT2D eigenvalue weighted by atomic mass is 19.4. The summed E-state index contributed by atoms with van der Waals surface area (Å²) in [6.45, 7) is 2.28. The van der Waals surface area contributed by atoms with Gasteiger partial charge < -0.3 is 20.4 Å². The van der Waals surface area contributed by atoms with Crippen LogP contribution in [0.25, 0.3) is 0 Å². The lowest BCUT2D eigenvalue weighted by molar-refractivity contribution is -0.137. The summed E-state index contributed by atoms with van der Waals surface area (Å²) in [6, 6.07) is 7.54. The molecule has 0 unspecified atom stereocenters. The molecule has 2 heterocycles. The predicted octanol–water partition coefficient (Wildman–Crippen LogP) is 3.73. The number of benzene rings is 1. The van der Waals surface area contributed by atoms with E-state index in [1.54, 1.807) is 4.90 Å². The Hall–Kier alpha value is -2.88. The average molecular weight is 436 g/mol. The number of carbonyl (C=O) groups is 1. The fourth-order valence-corrected chi connectivity index (χ4v) is 3.39. The van der Waals surface area contributed by atoms with Crippen molar-refractivity contribution >= 4 is 23.4 Å². The SMILES string of the molecule is CN(C)Cc1ccc(Nc2ncc(C(F)(F)F)c(NCCCN3CCCC3=O)n2)cc1. The molecule has 1 aromatic carbocycles. The Balaban J connectivity index is 1.65. The van der Waals surface area contributed by atoms with Crippen LogP contribution in [-0.2, 0) is 17.5 Å². The number of hydrogen-bond acceptors (Lipinski definition) is 6. The Morgan fingerprint density at radius 2 is 1.94 bits per heavy atom. The molecular weight excluding hydrogens is 409 g/mol. The van der Waals surface area contributed by atoms with Crippen molar-refractivity contribution < 1.29 is 18.0 Å². The Labute approximate surface area is 179 Å². The predicted molar refractivity (Wildman–Crippen MR) is 113 cm³/mol. The van der Waals surface area contributed by atoms with Gasteiger partial charge in [0, 0.05) is 44.5 Å². The molecule has 7 nitrogen and oxygen atoms in total. The van der Waals surface area contributed by atoms with Crippen molar-refractivity contribution in [1.29, 1.82) is 0 Å². The van der Waals surface area contributed by atoms with Gasteiger partial charge in [0.15, 0.2) is 0 Å². The van der Waals surface area contributed by atoms with E-state index in [2.05, 4.69) is 20.6 Å². The lowest BCUT2D eigenvalue weighted by Crippen LogP contribution is -2.27. The van der Waals surface area contributed by atoms with Crippen LogP contribution in [0.2, 0.25) is 0 Å². The molecule has 31 heavy (non-hydrogen) atoms. The number of rotatable bonds is 9. The normalized spacial score (nSPS) is 14.4. The van der Waals surface area contributed by atoms with E-state index in [0.717, 1.165) is 24.7 Å². The molecule has 1 fully saturated rings. The summed E-state index contributed by atoms with van der Waals surface area (Å²) in [7, 11) is 3.94. The molecule has 3 rings (SSSR count). The van der Waals surface area contributed by atoms with Crippen LogP contribution in [0.3, 0.4) is 0 Å². The van der Waals surface area contributed by atoms with E-state index in [-0.39, 0.29) is 24.2 Å². The summed E-state index contributed by atoms with van der Waals surface area (Å²) < 4.78 is 40.1. The molecule has 1 aliphatic heterocycles. The average Bonchev–Trinajstić information content (AvgIpc) is 3.10. The molecule has 0 spiro atoms. The fourth-order valence-electron chi connectivity index (χ4n) is 3.39. The maximum absolute atomic E-state index is 13.4. The molecule has 1 aliphatic rings. The first-order valence-corrected chi connectivity index (χ1v) is 10.2. The van der Waals surface area contributed by atoms with Crippen LogP contribution >= 0.6 is 0 Å². The van der Waals surface area contributed by atoms with Gasteiger partial charge in [-0.25, -0.2) is 4.98 Å². The van der Waals surface area contributed by atoms with Crippen molar-refractivity contribution in [2.75, 3.05) is 44.4 Å². The van der Waals surface area contributed by atoms with E-state index >= 15 is 0 Å². The highest BCUT2D eigenvalue weighted by Crippen LogP contribution is 2.34. The van der Waals surface area contributed by atoms with E-state index in [4.69, 9.17) is 0 Å². The largest absolute Gasteiger partial charge is 0.421 e. The number of anilines is 3. The van der Waals surface area contributed by atoms with Crippen LogP contribution in [-0.4, -0.2) is 59.4 Å². The zero-order valence-electron chi connectivity index (χ0n) is 17.7. The van der Waals surface area contributed by atoms with Gasteiger partial charge in [-0.2, -0.15) is 18.2 Å². The van der Waals surface area contributed by atoms with Gasteiger partial charge in [-0.15, -0.1) is 0 Å². The zero-order chi connectivity index (χ0) is 22.4. The van der Waals surface area contributed by atoms with Crippen molar-refractivity contribution in [2.24, 2.45) is 0 Å². The van der Waals surface area contributed by atoms with Crippen molar-refractivity contribution in [3.8, 4) is 0 Å². The van der Waals surface area contributed by atoms with Gasteiger partial charge in [-0.3, -0.25) is 4.79 Å². The zero-order valence-corrected chi connectivity index (χ0v) is 17.7. The van der Waals surface area contributed by atoms with Gasteiger partial charge in [0.05, 0.1) is 0 Å². The van der Waals surface area contributed by atoms with Crippen LogP contribution in [0.15, 0.2) is 30.5 Å². The van der Waals surface area contributed by atoms with Gasteiger partial charge in [0.1, 0.15) is 11.4 Å². The van der Waals surface area contributed by atoms with Crippen LogP contribution in [0.1, 0.15) is 30.4 Å². The Bertz CT molecular complexity index is 886. The van der Waals surface area contributed by atoms with E-state index in [9.17, 15) is 18.0 Å². The second kappa shape index (κ2) is 9.95. The van der Waals surface area contributed by atoms with Crippen LogP contribution in [0, 0.1) is 0 Å². The Morgan fingerprint density at radius 3 is 2.55 bits per heavy atom. The molecule has 0 saturated carbocycles. The second-order valence-electron chi connectivity index (χ2n) is 7.78. The summed E-state index contributed by atoms with van der Waals surface area (Å²) in [4.78, 5) is 23.3. The highest BCUT2D eigenvalue weighted by Gasteiger charge is 2.35. The Kier molecular flexibility index (Phi) is 7.32. The number of likely N-dealkylation sites (tertiary alicyclic amines) is 1. The smallest absolute Gasteiger partial charge is 0.369 e. The standard InChI is InChI=1S/C21H27F3N6O/c1-29(2)14-15-6-8-16(9-7-15)27-20-26-13-17(21(22,23)24)19(28-20)25-10-4-12-30-11-3-5-18(30)31/h6-9,13H,3-5,10-12,14H2,1-2H3,(H2,25,26,27,28). The van der Waals surface area contributed by atoms with E-state index in [1.807, 2.05) is 43.3 Å². The second-order valence-corrected chi connectivity index (χ2v) is 7.78. The van der Waals surface area contributed by atoms with Crippen molar-refractivity contribution in [2.45, 2.75) is 32.0 Å². The molecule has 2 aromatic rings. The first-order chi connectivity index (χ1) is 14.7. The molecular formula is C21H27F3N6O. The lowest BCUT2D eigenvalue weighted by atomic mass is 10.2. The van der Waals surface area contributed by atoms with Gasteiger partial charge in [-0.05, 0) is 44.6 Å². The molecule has 10 heteroatoms. The molecule has 168 valence electrons. The fraction of sp³-hybridized carbons (Fsp3) is 0.476. The summed E-state index contributed by atoms with van der Waals surface area (Å²) in [6.07, 6.45) is -1.88. The van der Waals surface area contributed by atoms with Crippen LogP contribution in [0.4, 0.5) is 30.6 Å². The Morgan fingerprint density at radius 1 is 1.19 bits per heavy atom. The third-order valence-corrected chi connectivity index (χ3v) is 4.87. The number of hydrogen-bond donors (Lipinski definition) is 2. The van der Waals surface area contributed by atoms with Crippen LogP contribution < -0.4 is 10.6 Å². The summed E-state index contributed by atoms with van der Waals surface area (Å²) >= 11 is 0. The molecule has 0 aliphatic carbocycles. The topological polar surface area (TPSA) is 73.4 Å². The third kappa shape index (κ3) is 6.55. The molecule has 1 aromatic heterocycles. The summed E-state index contributed by atoms with van der Waals surface area (Å²) in [5.41, 5.74) is 0.875. The van der Waals surface area contributed by atoms with Gasteiger partial charge in [0.2, 0.25) is 11.9 Å². The lowest BCUT2D eigenvalue weighted by Gasteiger charge is -2.17. The summed E-state index contributed by atoms with van der Waals surface area (Å²) in [5.74, 6) is -0.103. The molecule has 1 amide bonds. The number of carbonyl (C=O) groups excluding carboxylic acids is 1. The summed E-state index contributed by atoms with van der Waals surface area (Å²) in [5, 5.41) is 5.71. The number of nitrogens with one attached hydrogen (secondary N) is 2. The highest BCUT2D eigenvalue weighted by molar-refractivity contribution is 5.78. The van der Waals surface area contributed by atoms with E-state index in [1.165, 1.54) is 0 Å². The minimum absolute atomic E-state index is 0.0746. The van der Waals surface area contributed by atoms with Gasteiger partial charge in [0.25, 0.3) is 0 Å². The third-order valence-electron chi connectivity index (χ3n) is 4.87. The van der Waals surface area contributed by atoms with E-state index in [0.29, 0.717) is 31.6 Å². The number of alkyl halides is 3. The molecule has 2 N–H and O–H groups in total. The van der Waals surface area contributed by atoms with Crippen molar-refractivity contribution in [1.82, 2.24) is 19.8 Å². The monoisotopic (exact) mass is 436 g/mol. The van der Waals surface area contributed by atoms with Gasteiger partial charge in [-0.1, -0.05) is 12.1 Å². The van der Waals surface area contributed by atoms with Crippen molar-refractivity contribution in [3.05, 3.63) is 41.6 Å². The molecule has 1 saturated heterocycles. The first-order valence-electron chi connectivity index (χ1n) is 10.2. The number of nitrogens with zero attached hydrogens (tertiary/aromatic N) is 4. The van der Waals surface area contributed by atoms with E-state index < -0.39 is 11.7 Å². The molecule has 0 bridgehead atoms. The number of aromatic nitrogens is 2. The minimum atomic E-state index is -4.57. The molecule has 0 atom stereocenters. The molecule has 0 radical (unpaired) electrons. The maximum atomic E-state index is 13.4.